The molecule has 31 heavy (non-hydrogen) atoms. The Labute approximate surface area is 192 Å². The molecule has 0 N–H and O–H groups in total. The highest BCUT2D eigenvalue weighted by molar-refractivity contribution is 7.98. The molecule has 0 bridgehead atoms. The molecule has 1 fully saturated rings. The molecule has 5 rings (SSSR count). The number of nitrogens with zero attached hydrogens (tertiary/aromatic N) is 2. The molecule has 1 unspecified atom stereocenters. The summed E-state index contributed by atoms with van der Waals surface area (Å²) < 4.78 is 2.53. The van der Waals surface area contributed by atoms with Crippen molar-refractivity contribution in [2.75, 3.05) is 25.1 Å². The van der Waals surface area contributed by atoms with Crippen molar-refractivity contribution < 1.29 is 0 Å². The maximum Gasteiger partial charge on any atom is 0.0489 e. The predicted molar refractivity (Wildman–Crippen MR) is 135 cm³/mol. The molecule has 2 aromatic carbocycles. The molecule has 0 radical (unpaired) electrons. The summed E-state index contributed by atoms with van der Waals surface area (Å²) in [6.07, 6.45) is 9.67. The largest absolute Gasteiger partial charge is 0.343 e. The van der Waals surface area contributed by atoms with Crippen molar-refractivity contribution in [1.82, 2.24) is 9.47 Å². The third-order valence-electron chi connectivity index (χ3n) is 7.61. The van der Waals surface area contributed by atoms with Gasteiger partial charge in [-0.25, -0.2) is 0 Å². The van der Waals surface area contributed by atoms with Crippen LogP contribution in [0.2, 0.25) is 0 Å². The van der Waals surface area contributed by atoms with Crippen LogP contribution >= 0.6 is 11.8 Å². The van der Waals surface area contributed by atoms with Gasteiger partial charge in [-0.2, -0.15) is 11.8 Å². The number of hydrogen-bond acceptors (Lipinski definition) is 2. The molecule has 2 nitrogen and oxygen atoms in total. The Balaban J connectivity index is 1.55. The van der Waals surface area contributed by atoms with E-state index in [2.05, 4.69) is 78.2 Å². The number of hydrogen-bond donors (Lipinski definition) is 0. The maximum absolute atomic E-state index is 2.83. The average molecular weight is 433 g/mol. The van der Waals surface area contributed by atoms with Crippen molar-refractivity contribution in [2.24, 2.45) is 5.92 Å². The van der Waals surface area contributed by atoms with Crippen molar-refractivity contribution in [2.45, 2.75) is 58.0 Å². The van der Waals surface area contributed by atoms with Crippen LogP contribution in [0.3, 0.4) is 0 Å². The van der Waals surface area contributed by atoms with Gasteiger partial charge in [-0.3, -0.25) is 4.90 Å². The highest BCUT2D eigenvalue weighted by atomic mass is 32.2. The van der Waals surface area contributed by atoms with Crippen molar-refractivity contribution >= 4 is 22.7 Å². The Morgan fingerprint density at radius 1 is 1.03 bits per heavy atom. The van der Waals surface area contributed by atoms with Gasteiger partial charge in [0.2, 0.25) is 0 Å². The smallest absolute Gasteiger partial charge is 0.0489 e. The van der Waals surface area contributed by atoms with Crippen LogP contribution in [-0.2, 0) is 19.4 Å². The molecule has 1 aliphatic carbocycles. The molecular formula is C28H36N2S. The Bertz CT molecular complexity index is 1050. The first-order valence-corrected chi connectivity index (χ1v) is 13.5. The molecule has 2 aliphatic rings. The molecule has 164 valence electrons. The molecule has 1 saturated heterocycles. The highest BCUT2D eigenvalue weighted by Gasteiger charge is 2.40. The quantitative estimate of drug-likeness (QED) is 0.429. The second kappa shape index (κ2) is 9.03. The van der Waals surface area contributed by atoms with Gasteiger partial charge in [0.1, 0.15) is 0 Å². The molecule has 2 heterocycles. The van der Waals surface area contributed by atoms with E-state index in [1.165, 1.54) is 54.7 Å². The second-order valence-electron chi connectivity index (χ2n) is 9.58. The number of aryl methyl sites for hydroxylation is 1. The summed E-state index contributed by atoms with van der Waals surface area (Å²) in [4.78, 5) is 2.83. The van der Waals surface area contributed by atoms with Crippen LogP contribution in [0.1, 0.15) is 54.9 Å². The van der Waals surface area contributed by atoms with Crippen LogP contribution in [0.4, 0.5) is 0 Å². The topological polar surface area (TPSA) is 8.17 Å². The minimum atomic E-state index is 0.676. The molecule has 3 heteroatoms. The third-order valence-corrected chi connectivity index (χ3v) is 8.42. The molecular weight excluding hydrogens is 396 g/mol. The standard InChI is InChI=1S/C28H36N2S/c1-4-13-29-16-20(19-31-3)14-25-24-11-8-12-26-28(24)23(15-27(25)29)18-30(26)17-22-10-7-6-9-21(22)5-2/h6-12,18,20,25,27H,4-5,13-17,19H2,1-3H3/t20-,25?,27-/m1/s1. The van der Waals surface area contributed by atoms with Crippen LogP contribution in [-0.4, -0.2) is 40.6 Å². The van der Waals surface area contributed by atoms with E-state index >= 15 is 0 Å². The van der Waals surface area contributed by atoms with E-state index in [0.717, 1.165) is 18.9 Å². The van der Waals surface area contributed by atoms with E-state index < -0.39 is 0 Å². The lowest BCUT2D eigenvalue weighted by molar-refractivity contribution is 0.0926. The first-order chi connectivity index (χ1) is 15.2. The summed E-state index contributed by atoms with van der Waals surface area (Å²) in [5.74, 6) is 2.80. The zero-order valence-electron chi connectivity index (χ0n) is 19.3. The van der Waals surface area contributed by atoms with Crippen molar-refractivity contribution in [1.29, 1.82) is 0 Å². The fourth-order valence-corrected chi connectivity index (χ4v) is 7.06. The second-order valence-corrected chi connectivity index (χ2v) is 10.5. The van der Waals surface area contributed by atoms with Gasteiger partial charge < -0.3 is 4.57 Å². The van der Waals surface area contributed by atoms with Crippen molar-refractivity contribution in [3.05, 3.63) is 70.9 Å². The SMILES string of the molecule is CCCN1C[C@H](CSC)CC2c3cccc4c3c(cn4Cc3ccccc3CC)C[C@H]21. The fraction of sp³-hybridized carbons (Fsp3) is 0.500. The first kappa shape index (κ1) is 21.2. The van der Waals surface area contributed by atoms with Gasteiger partial charge in [0.05, 0.1) is 0 Å². The van der Waals surface area contributed by atoms with Gasteiger partial charge in [-0.1, -0.05) is 50.2 Å². The van der Waals surface area contributed by atoms with Gasteiger partial charge in [0.25, 0.3) is 0 Å². The Kier molecular flexibility index (Phi) is 6.16. The van der Waals surface area contributed by atoms with Gasteiger partial charge in [0.15, 0.2) is 0 Å². The zero-order valence-corrected chi connectivity index (χ0v) is 20.1. The summed E-state index contributed by atoms with van der Waals surface area (Å²) >= 11 is 2.02. The lowest BCUT2D eigenvalue weighted by atomic mass is 9.72. The van der Waals surface area contributed by atoms with E-state index in [1.807, 2.05) is 11.8 Å². The number of fused-ring (bicyclic) bond motifs is 2. The number of piperidine rings is 1. The van der Waals surface area contributed by atoms with Crippen LogP contribution in [0.25, 0.3) is 10.9 Å². The minimum Gasteiger partial charge on any atom is -0.343 e. The van der Waals surface area contributed by atoms with Crippen molar-refractivity contribution in [3.8, 4) is 0 Å². The van der Waals surface area contributed by atoms with E-state index in [1.54, 1.807) is 16.5 Å². The van der Waals surface area contributed by atoms with E-state index in [0.29, 0.717) is 12.0 Å². The highest BCUT2D eigenvalue weighted by Crippen LogP contribution is 2.45. The number of benzene rings is 2. The number of rotatable bonds is 7. The number of thioether (sulfide) groups is 1. The zero-order chi connectivity index (χ0) is 21.4. The van der Waals surface area contributed by atoms with Gasteiger partial charge in [0, 0.05) is 42.1 Å². The lowest BCUT2D eigenvalue weighted by Gasteiger charge is -2.47. The van der Waals surface area contributed by atoms with Crippen molar-refractivity contribution in [3.63, 3.8) is 0 Å². The molecule has 0 amide bonds. The lowest BCUT2D eigenvalue weighted by Crippen LogP contribution is -2.50. The Morgan fingerprint density at radius 2 is 1.87 bits per heavy atom. The molecule has 0 saturated carbocycles. The molecule has 1 aliphatic heterocycles. The van der Waals surface area contributed by atoms with Crippen LogP contribution in [0, 0.1) is 5.92 Å². The maximum atomic E-state index is 2.83. The number of aromatic nitrogens is 1. The van der Waals surface area contributed by atoms with Crippen LogP contribution < -0.4 is 0 Å². The average Bonchev–Trinajstić information content (AvgIpc) is 3.14. The van der Waals surface area contributed by atoms with E-state index in [-0.39, 0.29) is 0 Å². The Hall–Kier alpha value is -1.71. The summed E-state index contributed by atoms with van der Waals surface area (Å²) in [6, 6.07) is 16.7. The van der Waals surface area contributed by atoms with E-state index in [4.69, 9.17) is 0 Å². The third kappa shape index (κ3) is 3.85. The number of likely N-dealkylation sites (tertiary alicyclic amines) is 1. The van der Waals surface area contributed by atoms with Gasteiger partial charge in [-0.05, 0) is 78.5 Å². The summed E-state index contributed by atoms with van der Waals surface area (Å²) in [5.41, 5.74) is 7.57. The fourth-order valence-electron chi connectivity index (χ4n) is 6.35. The minimum absolute atomic E-state index is 0.676. The van der Waals surface area contributed by atoms with Crippen LogP contribution in [0.15, 0.2) is 48.7 Å². The molecule has 0 spiro atoms. The van der Waals surface area contributed by atoms with Crippen LogP contribution in [0.5, 0.6) is 0 Å². The Morgan fingerprint density at radius 3 is 2.65 bits per heavy atom. The molecule has 3 atom stereocenters. The predicted octanol–water partition coefficient (Wildman–Crippen LogP) is 6.36. The van der Waals surface area contributed by atoms with Gasteiger partial charge in [-0.15, -0.1) is 0 Å². The summed E-state index contributed by atoms with van der Waals surface area (Å²) in [5, 5.41) is 1.57. The molecule has 3 aromatic rings. The van der Waals surface area contributed by atoms with E-state index in [9.17, 15) is 0 Å². The monoisotopic (exact) mass is 432 g/mol. The van der Waals surface area contributed by atoms with Gasteiger partial charge >= 0.3 is 0 Å². The summed E-state index contributed by atoms with van der Waals surface area (Å²) in [6.45, 7) is 8.10. The normalized spacial score (nSPS) is 23.3. The summed E-state index contributed by atoms with van der Waals surface area (Å²) in [7, 11) is 0. The first-order valence-electron chi connectivity index (χ1n) is 12.1. The molecule has 1 aromatic heterocycles.